The van der Waals surface area contributed by atoms with Gasteiger partial charge in [0.2, 0.25) is 5.91 Å². The molecule has 0 radical (unpaired) electrons. The summed E-state index contributed by atoms with van der Waals surface area (Å²) in [6.45, 7) is 3.69. The molecule has 2 heterocycles. The third-order valence-corrected chi connectivity index (χ3v) is 4.59. The third-order valence-electron chi connectivity index (χ3n) is 4.59. The van der Waals surface area contributed by atoms with Crippen molar-refractivity contribution in [3.8, 4) is 11.4 Å². The van der Waals surface area contributed by atoms with Crippen molar-refractivity contribution in [2.75, 3.05) is 11.1 Å². The number of rotatable bonds is 6. The summed E-state index contributed by atoms with van der Waals surface area (Å²) in [5.74, 6) is -1.12. The SMILES string of the molecule is CC(C)n1nc(-c2ccc(CC(=O)Nc3cccc(C(F)(F)F)c3)cn2)c(C(N)=O)c1N. The zero-order valence-electron chi connectivity index (χ0n) is 17.3. The van der Waals surface area contributed by atoms with Crippen LogP contribution in [0.1, 0.15) is 41.4 Å². The highest BCUT2D eigenvalue weighted by Crippen LogP contribution is 2.31. The summed E-state index contributed by atoms with van der Waals surface area (Å²) in [5.41, 5.74) is 11.8. The van der Waals surface area contributed by atoms with Crippen molar-refractivity contribution < 1.29 is 22.8 Å². The Balaban J connectivity index is 1.77. The van der Waals surface area contributed by atoms with Crippen molar-refractivity contribution >= 4 is 23.3 Å². The van der Waals surface area contributed by atoms with E-state index in [2.05, 4.69) is 15.4 Å². The first-order chi connectivity index (χ1) is 15.0. The summed E-state index contributed by atoms with van der Waals surface area (Å²) in [6, 6.07) is 7.42. The largest absolute Gasteiger partial charge is 0.416 e. The Labute approximate surface area is 181 Å². The molecule has 0 aliphatic rings. The number of nitrogens with zero attached hydrogens (tertiary/aromatic N) is 3. The lowest BCUT2D eigenvalue weighted by atomic mass is 10.1. The van der Waals surface area contributed by atoms with Crippen LogP contribution < -0.4 is 16.8 Å². The van der Waals surface area contributed by atoms with Crippen LogP contribution in [0, 0.1) is 0 Å². The van der Waals surface area contributed by atoms with Crippen molar-refractivity contribution in [1.82, 2.24) is 14.8 Å². The van der Waals surface area contributed by atoms with Gasteiger partial charge in [-0.25, -0.2) is 4.68 Å². The molecular formula is C21H21F3N6O2. The molecule has 5 N–H and O–H groups in total. The normalized spacial score (nSPS) is 11.6. The number of anilines is 2. The third kappa shape index (κ3) is 4.88. The average molecular weight is 446 g/mol. The van der Waals surface area contributed by atoms with Crippen molar-refractivity contribution in [1.29, 1.82) is 0 Å². The second-order valence-electron chi connectivity index (χ2n) is 7.37. The standard InChI is InChI=1S/C21H21F3N6O2/c1-11(2)30-19(25)17(20(26)32)18(29-30)15-7-6-12(10-27-15)8-16(31)28-14-5-3-4-13(9-14)21(22,23)24/h3-7,9-11H,8,25H2,1-2H3,(H2,26,32)(H,28,31). The number of alkyl halides is 3. The number of nitrogen functional groups attached to an aromatic ring is 1. The Morgan fingerprint density at radius 3 is 2.47 bits per heavy atom. The van der Waals surface area contributed by atoms with Gasteiger partial charge in [0.05, 0.1) is 17.7 Å². The first-order valence-corrected chi connectivity index (χ1v) is 9.57. The van der Waals surface area contributed by atoms with Crippen molar-refractivity contribution in [3.63, 3.8) is 0 Å². The molecule has 2 aromatic heterocycles. The molecule has 0 aliphatic carbocycles. The van der Waals surface area contributed by atoms with E-state index in [1.165, 1.54) is 23.0 Å². The molecule has 0 saturated carbocycles. The van der Waals surface area contributed by atoms with Gasteiger partial charge in [0, 0.05) is 17.9 Å². The number of carbonyl (C=O) groups excluding carboxylic acids is 2. The van der Waals surface area contributed by atoms with E-state index in [1.807, 2.05) is 13.8 Å². The van der Waals surface area contributed by atoms with Crippen LogP contribution >= 0.6 is 0 Å². The van der Waals surface area contributed by atoms with E-state index in [-0.39, 0.29) is 35.2 Å². The number of nitrogens with two attached hydrogens (primary N) is 2. The van der Waals surface area contributed by atoms with Crippen LogP contribution in [0.3, 0.4) is 0 Å². The predicted octanol–water partition coefficient (Wildman–Crippen LogP) is 3.41. The predicted molar refractivity (Wildman–Crippen MR) is 113 cm³/mol. The number of aromatic nitrogens is 3. The number of primary amides is 1. The zero-order chi connectivity index (χ0) is 23.6. The van der Waals surface area contributed by atoms with Gasteiger partial charge in [-0.05, 0) is 43.7 Å². The molecule has 168 valence electrons. The van der Waals surface area contributed by atoms with E-state index in [4.69, 9.17) is 11.5 Å². The number of nitrogens with one attached hydrogen (secondary N) is 1. The van der Waals surface area contributed by atoms with Crippen LogP contribution in [-0.4, -0.2) is 26.6 Å². The first kappa shape index (κ1) is 22.8. The number of carbonyl (C=O) groups is 2. The minimum atomic E-state index is -4.50. The Kier molecular flexibility index (Phi) is 6.19. The quantitative estimate of drug-likeness (QED) is 0.534. The Morgan fingerprint density at radius 2 is 1.91 bits per heavy atom. The first-order valence-electron chi connectivity index (χ1n) is 9.57. The molecule has 0 atom stereocenters. The summed E-state index contributed by atoms with van der Waals surface area (Å²) in [4.78, 5) is 28.4. The maximum Gasteiger partial charge on any atom is 0.416 e. The summed E-state index contributed by atoms with van der Waals surface area (Å²) in [7, 11) is 0. The summed E-state index contributed by atoms with van der Waals surface area (Å²) in [5, 5.41) is 6.77. The van der Waals surface area contributed by atoms with Gasteiger partial charge >= 0.3 is 6.18 Å². The summed E-state index contributed by atoms with van der Waals surface area (Å²) in [6.07, 6.45) is -3.21. The Hall–Kier alpha value is -3.89. The fourth-order valence-corrected chi connectivity index (χ4v) is 3.10. The molecule has 0 unspecified atom stereocenters. The van der Waals surface area contributed by atoms with Crippen LogP contribution in [0.5, 0.6) is 0 Å². The number of halogens is 3. The molecule has 0 spiro atoms. The van der Waals surface area contributed by atoms with E-state index in [9.17, 15) is 22.8 Å². The molecule has 0 bridgehead atoms. The molecule has 0 fully saturated rings. The Bertz CT molecular complexity index is 1150. The molecule has 32 heavy (non-hydrogen) atoms. The van der Waals surface area contributed by atoms with Crippen LogP contribution in [-0.2, 0) is 17.4 Å². The van der Waals surface area contributed by atoms with Crippen LogP contribution in [0.2, 0.25) is 0 Å². The molecular weight excluding hydrogens is 425 g/mol. The number of hydrogen-bond acceptors (Lipinski definition) is 5. The molecule has 11 heteroatoms. The summed E-state index contributed by atoms with van der Waals surface area (Å²) < 4.78 is 39.9. The molecule has 0 aliphatic heterocycles. The van der Waals surface area contributed by atoms with Gasteiger partial charge in [0.1, 0.15) is 17.1 Å². The molecule has 8 nitrogen and oxygen atoms in total. The zero-order valence-corrected chi connectivity index (χ0v) is 17.3. The highest BCUT2D eigenvalue weighted by molar-refractivity contribution is 6.03. The average Bonchev–Trinajstić information content (AvgIpc) is 3.05. The van der Waals surface area contributed by atoms with Gasteiger partial charge < -0.3 is 16.8 Å². The van der Waals surface area contributed by atoms with Crippen molar-refractivity contribution in [3.05, 3.63) is 59.3 Å². The topological polar surface area (TPSA) is 129 Å². The van der Waals surface area contributed by atoms with E-state index in [0.29, 0.717) is 11.3 Å². The van der Waals surface area contributed by atoms with Gasteiger partial charge in [0.15, 0.2) is 0 Å². The van der Waals surface area contributed by atoms with E-state index < -0.39 is 23.6 Å². The molecule has 0 saturated heterocycles. The molecule has 3 rings (SSSR count). The highest BCUT2D eigenvalue weighted by atomic mass is 19.4. The van der Waals surface area contributed by atoms with E-state index >= 15 is 0 Å². The second-order valence-corrected chi connectivity index (χ2v) is 7.37. The van der Waals surface area contributed by atoms with Crippen molar-refractivity contribution in [2.24, 2.45) is 5.73 Å². The Morgan fingerprint density at radius 1 is 1.19 bits per heavy atom. The van der Waals surface area contributed by atoms with Crippen LogP contribution in [0.4, 0.5) is 24.7 Å². The van der Waals surface area contributed by atoms with Gasteiger partial charge in [-0.15, -0.1) is 0 Å². The molecule has 2 amide bonds. The van der Waals surface area contributed by atoms with Gasteiger partial charge in [-0.2, -0.15) is 18.3 Å². The fraction of sp³-hybridized carbons (Fsp3) is 0.238. The van der Waals surface area contributed by atoms with Crippen LogP contribution in [0.15, 0.2) is 42.6 Å². The van der Waals surface area contributed by atoms with Gasteiger partial charge in [-0.1, -0.05) is 12.1 Å². The lowest BCUT2D eigenvalue weighted by Crippen LogP contribution is -2.15. The van der Waals surface area contributed by atoms with Crippen molar-refractivity contribution in [2.45, 2.75) is 32.5 Å². The minimum absolute atomic E-state index is 0.0372. The number of hydrogen-bond donors (Lipinski definition) is 3. The van der Waals surface area contributed by atoms with E-state index in [1.54, 1.807) is 12.1 Å². The maximum absolute atomic E-state index is 12.8. The summed E-state index contributed by atoms with van der Waals surface area (Å²) >= 11 is 0. The number of amides is 2. The fourth-order valence-electron chi connectivity index (χ4n) is 3.10. The second kappa shape index (κ2) is 8.69. The number of benzene rings is 1. The molecule has 3 aromatic rings. The van der Waals surface area contributed by atoms with Crippen LogP contribution in [0.25, 0.3) is 11.4 Å². The monoisotopic (exact) mass is 446 g/mol. The lowest BCUT2D eigenvalue weighted by Gasteiger charge is -2.10. The number of pyridine rings is 1. The molecule has 1 aromatic carbocycles. The van der Waals surface area contributed by atoms with Gasteiger partial charge in [-0.3, -0.25) is 14.6 Å². The maximum atomic E-state index is 12.8. The minimum Gasteiger partial charge on any atom is -0.383 e. The van der Waals surface area contributed by atoms with Gasteiger partial charge in [0.25, 0.3) is 5.91 Å². The smallest absolute Gasteiger partial charge is 0.383 e. The lowest BCUT2D eigenvalue weighted by molar-refractivity contribution is -0.137. The van der Waals surface area contributed by atoms with E-state index in [0.717, 1.165) is 12.1 Å². The highest BCUT2D eigenvalue weighted by Gasteiger charge is 2.30.